The number of hydrogen-bond donors (Lipinski definition) is 1. The van der Waals surface area contributed by atoms with Crippen LogP contribution in [-0.2, 0) is 0 Å². The third-order valence-electron chi connectivity index (χ3n) is 2.16. The van der Waals surface area contributed by atoms with Crippen LogP contribution >= 0.6 is 33.9 Å². The fraction of sp³-hybridized carbons (Fsp3) is 0.273. The molecule has 4 heteroatoms. The Morgan fingerprint density at radius 1 is 1.60 bits per heavy atom. The maximum absolute atomic E-state index is 5.45. The first kappa shape index (κ1) is 11.2. The Bertz CT molecular complexity index is 410. The second-order valence-corrected chi connectivity index (χ2v) is 6.00. The monoisotopic (exact) mass is 333 g/mol. The molecule has 0 fully saturated rings. The Labute approximate surface area is 107 Å². The molecule has 2 rings (SSSR count). The second kappa shape index (κ2) is 5.14. The van der Waals surface area contributed by atoms with Gasteiger partial charge < -0.3 is 9.73 Å². The predicted molar refractivity (Wildman–Crippen MR) is 71.3 cm³/mol. The lowest BCUT2D eigenvalue weighted by Crippen LogP contribution is -2.20. The van der Waals surface area contributed by atoms with Crippen molar-refractivity contribution in [3.8, 4) is 0 Å². The lowest BCUT2D eigenvalue weighted by molar-refractivity contribution is 0.453. The van der Waals surface area contributed by atoms with Gasteiger partial charge in [0.1, 0.15) is 5.76 Å². The zero-order valence-corrected chi connectivity index (χ0v) is 11.3. The molecule has 0 spiro atoms. The molecule has 1 atom stereocenters. The number of halogens is 1. The van der Waals surface area contributed by atoms with Gasteiger partial charge in [0.25, 0.3) is 0 Å². The summed E-state index contributed by atoms with van der Waals surface area (Å²) in [6.07, 6.45) is 1.72. The first-order valence-corrected chi connectivity index (χ1v) is 6.78. The molecule has 0 amide bonds. The van der Waals surface area contributed by atoms with Crippen molar-refractivity contribution >= 4 is 33.9 Å². The summed E-state index contributed by atoms with van der Waals surface area (Å²) < 4.78 is 6.75. The van der Waals surface area contributed by atoms with E-state index in [1.165, 1.54) is 8.45 Å². The average Bonchev–Trinajstić information content (AvgIpc) is 2.85. The summed E-state index contributed by atoms with van der Waals surface area (Å²) in [5, 5.41) is 5.60. The van der Waals surface area contributed by atoms with Gasteiger partial charge in [-0.25, -0.2) is 0 Å². The number of furan rings is 1. The molecule has 15 heavy (non-hydrogen) atoms. The van der Waals surface area contributed by atoms with Crippen molar-refractivity contribution in [2.24, 2.45) is 0 Å². The molecule has 2 heterocycles. The summed E-state index contributed by atoms with van der Waals surface area (Å²) in [7, 11) is 0. The van der Waals surface area contributed by atoms with Crippen molar-refractivity contribution in [3.63, 3.8) is 0 Å². The second-order valence-electron chi connectivity index (χ2n) is 3.19. The van der Waals surface area contributed by atoms with E-state index in [9.17, 15) is 0 Å². The van der Waals surface area contributed by atoms with Crippen molar-refractivity contribution in [2.75, 3.05) is 6.54 Å². The van der Waals surface area contributed by atoms with Crippen molar-refractivity contribution in [1.82, 2.24) is 5.32 Å². The molecule has 2 aromatic heterocycles. The number of hydrogen-bond acceptors (Lipinski definition) is 3. The van der Waals surface area contributed by atoms with Crippen LogP contribution < -0.4 is 5.32 Å². The SMILES string of the molecule is CCNC(c1csc(I)c1)c1ccco1. The summed E-state index contributed by atoms with van der Waals surface area (Å²) in [5.41, 5.74) is 1.28. The van der Waals surface area contributed by atoms with Gasteiger partial charge >= 0.3 is 0 Å². The first-order chi connectivity index (χ1) is 7.31. The molecule has 0 saturated carbocycles. The Balaban J connectivity index is 2.27. The Kier molecular flexibility index (Phi) is 3.82. The van der Waals surface area contributed by atoms with Crippen LogP contribution in [0.15, 0.2) is 34.3 Å². The lowest BCUT2D eigenvalue weighted by Gasteiger charge is -2.13. The van der Waals surface area contributed by atoms with Crippen LogP contribution in [0.3, 0.4) is 0 Å². The van der Waals surface area contributed by atoms with Gasteiger partial charge in [0, 0.05) is 0 Å². The summed E-state index contributed by atoms with van der Waals surface area (Å²) >= 11 is 4.10. The van der Waals surface area contributed by atoms with E-state index >= 15 is 0 Å². The van der Waals surface area contributed by atoms with Gasteiger partial charge in [-0.1, -0.05) is 6.92 Å². The molecule has 2 aromatic rings. The maximum atomic E-state index is 5.45. The maximum Gasteiger partial charge on any atom is 0.125 e. The topological polar surface area (TPSA) is 25.2 Å². The highest BCUT2D eigenvalue weighted by molar-refractivity contribution is 14.1. The highest BCUT2D eigenvalue weighted by atomic mass is 127. The van der Waals surface area contributed by atoms with E-state index in [1.807, 2.05) is 12.1 Å². The molecular formula is C11H12INOS. The Morgan fingerprint density at radius 2 is 2.47 bits per heavy atom. The van der Waals surface area contributed by atoms with Gasteiger partial charge in [-0.2, -0.15) is 0 Å². The van der Waals surface area contributed by atoms with Crippen LogP contribution in [0.2, 0.25) is 0 Å². The summed E-state index contributed by atoms with van der Waals surface area (Å²) in [4.78, 5) is 0. The van der Waals surface area contributed by atoms with Gasteiger partial charge in [0.15, 0.2) is 0 Å². The quantitative estimate of drug-likeness (QED) is 0.864. The van der Waals surface area contributed by atoms with E-state index < -0.39 is 0 Å². The molecule has 2 nitrogen and oxygen atoms in total. The number of thiophene rings is 1. The van der Waals surface area contributed by atoms with Crippen LogP contribution in [0.5, 0.6) is 0 Å². The van der Waals surface area contributed by atoms with Gasteiger partial charge in [-0.05, 0) is 58.3 Å². The highest BCUT2D eigenvalue weighted by Crippen LogP contribution is 2.27. The van der Waals surface area contributed by atoms with Gasteiger partial charge in [-0.3, -0.25) is 0 Å². The minimum atomic E-state index is 0.185. The summed E-state index contributed by atoms with van der Waals surface area (Å²) in [6, 6.07) is 6.32. The van der Waals surface area contributed by atoms with E-state index in [2.05, 4.69) is 46.3 Å². The van der Waals surface area contributed by atoms with Crippen molar-refractivity contribution in [2.45, 2.75) is 13.0 Å². The third-order valence-corrected chi connectivity index (χ3v) is 3.96. The van der Waals surface area contributed by atoms with Gasteiger partial charge in [-0.15, -0.1) is 11.3 Å². The van der Waals surface area contributed by atoms with Crippen molar-refractivity contribution in [3.05, 3.63) is 44.0 Å². The molecule has 1 N–H and O–H groups in total. The van der Waals surface area contributed by atoms with E-state index in [1.54, 1.807) is 17.6 Å². The van der Waals surface area contributed by atoms with E-state index in [4.69, 9.17) is 4.42 Å². The minimum Gasteiger partial charge on any atom is -0.467 e. The molecule has 0 aromatic carbocycles. The van der Waals surface area contributed by atoms with Crippen molar-refractivity contribution < 1.29 is 4.42 Å². The summed E-state index contributed by atoms with van der Waals surface area (Å²) in [6.45, 7) is 3.03. The third kappa shape index (κ3) is 2.62. The molecule has 0 aliphatic carbocycles. The smallest absolute Gasteiger partial charge is 0.125 e. The number of nitrogens with one attached hydrogen (secondary N) is 1. The highest BCUT2D eigenvalue weighted by Gasteiger charge is 2.16. The van der Waals surface area contributed by atoms with E-state index in [0.717, 1.165) is 12.3 Å². The fourth-order valence-corrected chi connectivity index (χ4v) is 2.92. The molecule has 0 aliphatic rings. The zero-order valence-electron chi connectivity index (χ0n) is 8.37. The Morgan fingerprint density at radius 3 is 3.00 bits per heavy atom. The zero-order chi connectivity index (χ0) is 10.7. The van der Waals surface area contributed by atoms with Gasteiger partial charge in [0.05, 0.1) is 15.2 Å². The van der Waals surface area contributed by atoms with Crippen LogP contribution in [0.25, 0.3) is 0 Å². The minimum absolute atomic E-state index is 0.185. The molecule has 0 saturated heterocycles. The fourth-order valence-electron chi connectivity index (χ4n) is 1.52. The molecule has 80 valence electrons. The van der Waals surface area contributed by atoms with E-state index in [-0.39, 0.29) is 6.04 Å². The molecule has 0 bridgehead atoms. The normalized spacial score (nSPS) is 12.9. The summed E-state index contributed by atoms with van der Waals surface area (Å²) in [5.74, 6) is 0.978. The average molecular weight is 333 g/mol. The molecular weight excluding hydrogens is 321 g/mol. The first-order valence-electron chi connectivity index (χ1n) is 4.82. The number of rotatable bonds is 4. The van der Waals surface area contributed by atoms with E-state index in [0.29, 0.717) is 0 Å². The predicted octanol–water partition coefficient (Wildman–Crippen LogP) is 3.64. The van der Waals surface area contributed by atoms with Crippen LogP contribution in [0.4, 0.5) is 0 Å². The standard InChI is InChI=1S/C11H12INOS/c1-2-13-11(9-4-3-5-14-9)8-6-10(12)15-7-8/h3-7,11,13H,2H2,1H3. The van der Waals surface area contributed by atoms with Gasteiger partial charge in [0.2, 0.25) is 0 Å². The molecule has 0 radical (unpaired) electrons. The van der Waals surface area contributed by atoms with Crippen LogP contribution in [0.1, 0.15) is 24.3 Å². The molecule has 1 unspecified atom stereocenters. The lowest BCUT2D eigenvalue weighted by atomic mass is 10.1. The van der Waals surface area contributed by atoms with Crippen LogP contribution in [-0.4, -0.2) is 6.54 Å². The largest absolute Gasteiger partial charge is 0.467 e. The molecule has 0 aliphatic heterocycles. The van der Waals surface area contributed by atoms with Crippen LogP contribution in [0, 0.1) is 2.88 Å². The van der Waals surface area contributed by atoms with Crippen molar-refractivity contribution in [1.29, 1.82) is 0 Å². The Hall–Kier alpha value is -0.330.